The molecule has 0 spiro atoms. The molecule has 0 radical (unpaired) electrons. The van der Waals surface area contributed by atoms with E-state index in [1.54, 1.807) is 0 Å². The van der Waals surface area contributed by atoms with Crippen LogP contribution in [-0.2, 0) is 6.42 Å². The number of hydrogen-bond donors (Lipinski definition) is 1. The summed E-state index contributed by atoms with van der Waals surface area (Å²) in [6.45, 7) is 4.05. The summed E-state index contributed by atoms with van der Waals surface area (Å²) < 4.78 is 0. The zero-order valence-electron chi connectivity index (χ0n) is 8.13. The summed E-state index contributed by atoms with van der Waals surface area (Å²) in [6.07, 6.45) is 1.95. The second kappa shape index (κ2) is 4.08. The number of amides is 1. The largest absolute Gasteiger partial charge is 0.366 e. The Morgan fingerprint density at radius 2 is 2.15 bits per heavy atom. The quantitative estimate of drug-likeness (QED) is 0.754. The number of primary amides is 1. The van der Waals surface area contributed by atoms with Crippen molar-refractivity contribution in [1.29, 1.82) is 0 Å². The van der Waals surface area contributed by atoms with Crippen LogP contribution in [0.4, 0.5) is 0 Å². The van der Waals surface area contributed by atoms with E-state index < -0.39 is 0 Å². The van der Waals surface area contributed by atoms with Crippen molar-refractivity contribution < 1.29 is 4.79 Å². The SMILES string of the molecule is CCCc1ccc(C)cc1C(N)=O. The van der Waals surface area contributed by atoms with Crippen molar-refractivity contribution in [2.75, 3.05) is 0 Å². The number of aryl methyl sites for hydroxylation is 2. The van der Waals surface area contributed by atoms with Crippen LogP contribution in [0.1, 0.15) is 34.8 Å². The Kier molecular flexibility index (Phi) is 3.07. The summed E-state index contributed by atoms with van der Waals surface area (Å²) in [5, 5.41) is 0. The van der Waals surface area contributed by atoms with Crippen molar-refractivity contribution in [1.82, 2.24) is 0 Å². The summed E-state index contributed by atoms with van der Waals surface area (Å²) in [6, 6.07) is 5.85. The fraction of sp³-hybridized carbons (Fsp3) is 0.364. The van der Waals surface area contributed by atoms with Crippen LogP contribution in [0.15, 0.2) is 18.2 Å². The molecule has 0 aromatic heterocycles. The van der Waals surface area contributed by atoms with Gasteiger partial charge in [0, 0.05) is 5.56 Å². The highest BCUT2D eigenvalue weighted by atomic mass is 16.1. The lowest BCUT2D eigenvalue weighted by molar-refractivity contribution is 0.0999. The fourth-order valence-corrected chi connectivity index (χ4v) is 1.41. The van der Waals surface area contributed by atoms with E-state index in [-0.39, 0.29) is 5.91 Å². The van der Waals surface area contributed by atoms with Crippen molar-refractivity contribution in [2.45, 2.75) is 26.7 Å². The molecule has 0 saturated heterocycles. The molecule has 2 N–H and O–H groups in total. The first-order valence-corrected chi connectivity index (χ1v) is 4.54. The summed E-state index contributed by atoms with van der Waals surface area (Å²) in [5.41, 5.74) is 8.08. The maximum Gasteiger partial charge on any atom is 0.248 e. The summed E-state index contributed by atoms with van der Waals surface area (Å²) in [4.78, 5) is 11.1. The van der Waals surface area contributed by atoms with Gasteiger partial charge >= 0.3 is 0 Å². The van der Waals surface area contributed by atoms with Crippen LogP contribution in [0.5, 0.6) is 0 Å². The minimum absolute atomic E-state index is 0.327. The average Bonchev–Trinajstić information content (AvgIpc) is 2.08. The molecule has 0 fully saturated rings. The highest BCUT2D eigenvalue weighted by molar-refractivity contribution is 5.94. The molecule has 0 saturated carbocycles. The maximum absolute atomic E-state index is 11.1. The lowest BCUT2D eigenvalue weighted by atomic mass is 10.0. The van der Waals surface area contributed by atoms with E-state index in [1.807, 2.05) is 25.1 Å². The molecular weight excluding hydrogens is 162 g/mol. The molecule has 13 heavy (non-hydrogen) atoms. The molecule has 1 amide bonds. The Bertz CT molecular complexity index is 318. The molecule has 0 aliphatic heterocycles. The second-order valence-corrected chi connectivity index (χ2v) is 3.27. The van der Waals surface area contributed by atoms with Crippen molar-refractivity contribution in [3.05, 3.63) is 34.9 Å². The molecule has 0 aliphatic carbocycles. The molecule has 0 heterocycles. The Morgan fingerprint density at radius 3 is 2.69 bits per heavy atom. The molecule has 2 heteroatoms. The monoisotopic (exact) mass is 177 g/mol. The molecule has 2 nitrogen and oxygen atoms in total. The van der Waals surface area contributed by atoms with Gasteiger partial charge in [-0.05, 0) is 25.0 Å². The molecular formula is C11H15NO. The Hall–Kier alpha value is -1.31. The summed E-state index contributed by atoms with van der Waals surface area (Å²) in [7, 11) is 0. The van der Waals surface area contributed by atoms with Crippen molar-refractivity contribution in [2.24, 2.45) is 5.73 Å². The number of benzene rings is 1. The minimum atomic E-state index is -0.327. The molecule has 0 atom stereocenters. The van der Waals surface area contributed by atoms with Gasteiger partial charge in [0.05, 0.1) is 0 Å². The van der Waals surface area contributed by atoms with Gasteiger partial charge in [0.1, 0.15) is 0 Å². The smallest absolute Gasteiger partial charge is 0.248 e. The van der Waals surface area contributed by atoms with Gasteiger partial charge in [-0.1, -0.05) is 31.0 Å². The number of rotatable bonds is 3. The van der Waals surface area contributed by atoms with Gasteiger partial charge < -0.3 is 5.73 Å². The first kappa shape index (κ1) is 9.78. The Labute approximate surface area is 78.8 Å². The predicted molar refractivity (Wildman–Crippen MR) is 53.7 cm³/mol. The van der Waals surface area contributed by atoms with Gasteiger partial charge in [-0.3, -0.25) is 4.79 Å². The molecule has 1 rings (SSSR count). The third-order valence-corrected chi connectivity index (χ3v) is 2.05. The lowest BCUT2D eigenvalue weighted by Crippen LogP contribution is -2.13. The standard InChI is InChI=1S/C11H15NO/c1-3-4-9-6-5-8(2)7-10(9)11(12)13/h5-7H,3-4H2,1-2H3,(H2,12,13). The van der Waals surface area contributed by atoms with Crippen molar-refractivity contribution in [3.8, 4) is 0 Å². The maximum atomic E-state index is 11.1. The number of hydrogen-bond acceptors (Lipinski definition) is 1. The first-order chi connectivity index (χ1) is 6.15. The lowest BCUT2D eigenvalue weighted by Gasteiger charge is -2.05. The third kappa shape index (κ3) is 2.31. The van der Waals surface area contributed by atoms with Gasteiger partial charge in [0.15, 0.2) is 0 Å². The Morgan fingerprint density at radius 1 is 1.46 bits per heavy atom. The number of carbonyl (C=O) groups excluding carboxylic acids is 1. The third-order valence-electron chi connectivity index (χ3n) is 2.05. The van der Waals surface area contributed by atoms with Crippen LogP contribution in [0, 0.1) is 6.92 Å². The molecule has 1 aromatic carbocycles. The van der Waals surface area contributed by atoms with Crippen LogP contribution in [0.2, 0.25) is 0 Å². The zero-order chi connectivity index (χ0) is 9.84. The fourth-order valence-electron chi connectivity index (χ4n) is 1.41. The van der Waals surface area contributed by atoms with E-state index in [1.165, 1.54) is 0 Å². The molecule has 0 bridgehead atoms. The van der Waals surface area contributed by atoms with Crippen LogP contribution < -0.4 is 5.73 Å². The van der Waals surface area contributed by atoms with E-state index in [2.05, 4.69) is 6.92 Å². The van der Waals surface area contributed by atoms with E-state index in [0.29, 0.717) is 5.56 Å². The van der Waals surface area contributed by atoms with Crippen molar-refractivity contribution >= 4 is 5.91 Å². The van der Waals surface area contributed by atoms with Crippen LogP contribution in [-0.4, -0.2) is 5.91 Å². The van der Waals surface area contributed by atoms with Crippen LogP contribution in [0.25, 0.3) is 0 Å². The summed E-state index contributed by atoms with van der Waals surface area (Å²) in [5.74, 6) is -0.327. The molecule has 70 valence electrons. The van der Waals surface area contributed by atoms with E-state index in [0.717, 1.165) is 24.0 Å². The van der Waals surface area contributed by atoms with E-state index in [9.17, 15) is 4.79 Å². The first-order valence-electron chi connectivity index (χ1n) is 4.54. The van der Waals surface area contributed by atoms with E-state index in [4.69, 9.17) is 5.73 Å². The van der Waals surface area contributed by atoms with Crippen molar-refractivity contribution in [3.63, 3.8) is 0 Å². The molecule has 1 aromatic rings. The predicted octanol–water partition coefficient (Wildman–Crippen LogP) is 2.05. The van der Waals surface area contributed by atoms with Crippen LogP contribution in [0.3, 0.4) is 0 Å². The normalized spacial score (nSPS) is 10.0. The van der Waals surface area contributed by atoms with Gasteiger partial charge in [-0.15, -0.1) is 0 Å². The Balaban J connectivity index is 3.10. The molecule has 0 aliphatic rings. The van der Waals surface area contributed by atoms with Gasteiger partial charge in [-0.25, -0.2) is 0 Å². The highest BCUT2D eigenvalue weighted by Crippen LogP contribution is 2.12. The topological polar surface area (TPSA) is 43.1 Å². The summed E-state index contributed by atoms with van der Waals surface area (Å²) >= 11 is 0. The molecule has 0 unspecified atom stereocenters. The number of carbonyl (C=O) groups is 1. The number of nitrogens with two attached hydrogens (primary N) is 1. The van der Waals surface area contributed by atoms with Gasteiger partial charge in [0.2, 0.25) is 5.91 Å². The zero-order valence-corrected chi connectivity index (χ0v) is 8.13. The second-order valence-electron chi connectivity index (χ2n) is 3.27. The van der Waals surface area contributed by atoms with E-state index >= 15 is 0 Å². The van der Waals surface area contributed by atoms with Gasteiger partial charge in [0.25, 0.3) is 0 Å². The average molecular weight is 177 g/mol. The highest BCUT2D eigenvalue weighted by Gasteiger charge is 2.06. The van der Waals surface area contributed by atoms with Crippen LogP contribution >= 0.6 is 0 Å². The minimum Gasteiger partial charge on any atom is -0.366 e. The van der Waals surface area contributed by atoms with Gasteiger partial charge in [-0.2, -0.15) is 0 Å².